The average molecular weight is 480 g/mol. The molecule has 0 spiro atoms. The molecule has 0 aromatic heterocycles. The number of ether oxygens (including phenoxy) is 1. The topological polar surface area (TPSA) is 75.6 Å². The van der Waals surface area contributed by atoms with Crippen molar-refractivity contribution >= 4 is 28.0 Å². The molecule has 0 heterocycles. The Morgan fingerprint density at radius 3 is 2.23 bits per heavy atom. The zero-order valence-corrected chi connectivity index (χ0v) is 18.6. The van der Waals surface area contributed by atoms with Gasteiger partial charge < -0.3 is 15.2 Å². The number of aliphatic carboxylic acids is 1. The van der Waals surface area contributed by atoms with E-state index in [1.54, 1.807) is 6.07 Å². The first-order chi connectivity index (χ1) is 14.9. The summed E-state index contributed by atoms with van der Waals surface area (Å²) in [6, 6.07) is 21.1. The second-order valence-electron chi connectivity index (χ2n) is 7.63. The molecule has 0 saturated carbocycles. The number of benzene rings is 3. The number of amides is 1. The highest BCUT2D eigenvalue weighted by Crippen LogP contribution is 2.44. The summed E-state index contributed by atoms with van der Waals surface area (Å²) in [5.74, 6) is -1.05. The lowest BCUT2D eigenvalue weighted by Crippen LogP contribution is -2.31. The van der Waals surface area contributed by atoms with Crippen molar-refractivity contribution in [1.29, 1.82) is 0 Å². The quantitative estimate of drug-likeness (QED) is 0.467. The summed E-state index contributed by atoms with van der Waals surface area (Å²) < 4.78 is 6.50. The number of carbonyl (C=O) groups is 2. The summed E-state index contributed by atoms with van der Waals surface area (Å²) in [4.78, 5) is 24.0. The van der Waals surface area contributed by atoms with E-state index in [1.165, 1.54) is 0 Å². The Bertz CT molecular complexity index is 1100. The summed E-state index contributed by atoms with van der Waals surface area (Å²) >= 11 is 3.44. The molecule has 0 unspecified atom stereocenters. The minimum atomic E-state index is -0.996. The van der Waals surface area contributed by atoms with Crippen molar-refractivity contribution in [2.75, 3.05) is 6.61 Å². The zero-order valence-electron chi connectivity index (χ0n) is 17.0. The third-order valence-electron chi connectivity index (χ3n) is 5.60. The van der Waals surface area contributed by atoms with Gasteiger partial charge in [0.05, 0.1) is 12.5 Å². The normalized spacial score (nSPS) is 13.2. The molecule has 3 aromatic rings. The first kappa shape index (κ1) is 21.1. The van der Waals surface area contributed by atoms with Gasteiger partial charge in [0.2, 0.25) is 0 Å². The molecule has 1 atom stereocenters. The van der Waals surface area contributed by atoms with Gasteiger partial charge in [-0.05, 0) is 46.4 Å². The van der Waals surface area contributed by atoms with Gasteiger partial charge in [0.15, 0.2) is 0 Å². The van der Waals surface area contributed by atoms with Crippen LogP contribution in [0.25, 0.3) is 11.1 Å². The second kappa shape index (κ2) is 8.94. The number of hydrogen-bond acceptors (Lipinski definition) is 3. The van der Waals surface area contributed by atoms with E-state index in [-0.39, 0.29) is 18.9 Å². The Kier molecular flexibility index (Phi) is 6.09. The Hall–Kier alpha value is -3.12. The van der Waals surface area contributed by atoms with Crippen molar-refractivity contribution in [3.63, 3.8) is 0 Å². The fraction of sp³-hybridized carbons (Fsp3) is 0.200. The van der Waals surface area contributed by atoms with E-state index in [9.17, 15) is 14.7 Å². The van der Waals surface area contributed by atoms with E-state index in [1.807, 2.05) is 43.3 Å². The number of rotatable bonds is 6. The summed E-state index contributed by atoms with van der Waals surface area (Å²) in [6.07, 6.45) is -0.862. The van der Waals surface area contributed by atoms with Crippen LogP contribution in [0.15, 0.2) is 71.2 Å². The maximum atomic E-state index is 12.6. The molecule has 158 valence electrons. The van der Waals surface area contributed by atoms with Crippen LogP contribution < -0.4 is 5.32 Å². The summed E-state index contributed by atoms with van der Waals surface area (Å²) in [6.45, 7) is 2.09. The van der Waals surface area contributed by atoms with Crippen LogP contribution in [0.3, 0.4) is 0 Å². The van der Waals surface area contributed by atoms with Gasteiger partial charge in [0.1, 0.15) is 6.61 Å². The molecule has 5 nitrogen and oxygen atoms in total. The van der Waals surface area contributed by atoms with Crippen molar-refractivity contribution in [3.05, 3.63) is 93.5 Å². The lowest BCUT2D eigenvalue weighted by molar-refractivity contribution is -0.137. The minimum Gasteiger partial charge on any atom is -0.481 e. The SMILES string of the molecule is Cc1cc([C@@H](CC(=O)O)NC(=O)OCC2c3ccccc3-c3ccccc32)ccc1Br. The van der Waals surface area contributed by atoms with Crippen LogP contribution in [0.5, 0.6) is 0 Å². The molecule has 3 aromatic carbocycles. The van der Waals surface area contributed by atoms with Crippen LogP contribution in [-0.4, -0.2) is 23.8 Å². The van der Waals surface area contributed by atoms with E-state index in [4.69, 9.17) is 4.74 Å². The van der Waals surface area contributed by atoms with Gasteiger partial charge in [-0.2, -0.15) is 0 Å². The molecular formula is C25H22BrNO4. The van der Waals surface area contributed by atoms with E-state index < -0.39 is 18.1 Å². The molecular weight excluding hydrogens is 458 g/mol. The Balaban J connectivity index is 1.49. The lowest BCUT2D eigenvalue weighted by atomic mass is 9.98. The molecule has 31 heavy (non-hydrogen) atoms. The summed E-state index contributed by atoms with van der Waals surface area (Å²) in [5, 5.41) is 12.0. The van der Waals surface area contributed by atoms with Gasteiger partial charge in [0.25, 0.3) is 0 Å². The zero-order chi connectivity index (χ0) is 22.0. The number of carboxylic acid groups (broad SMARTS) is 1. The second-order valence-corrected chi connectivity index (χ2v) is 8.48. The maximum Gasteiger partial charge on any atom is 0.407 e. The number of hydrogen-bond donors (Lipinski definition) is 2. The minimum absolute atomic E-state index is 0.0500. The molecule has 1 aliphatic rings. The fourth-order valence-electron chi connectivity index (χ4n) is 4.09. The monoisotopic (exact) mass is 479 g/mol. The predicted molar refractivity (Wildman–Crippen MR) is 122 cm³/mol. The molecule has 0 bridgehead atoms. The molecule has 1 amide bonds. The number of aryl methyl sites for hydroxylation is 1. The van der Waals surface area contributed by atoms with Crippen LogP contribution >= 0.6 is 15.9 Å². The standard InChI is InChI=1S/C25H22BrNO4/c1-15-12-16(10-11-22(15)26)23(13-24(28)29)27-25(30)31-14-21-19-8-4-2-6-17(19)18-7-3-5-9-20(18)21/h2-12,21,23H,13-14H2,1H3,(H,27,30)(H,28,29)/t23-/m1/s1. The van der Waals surface area contributed by atoms with Crippen molar-refractivity contribution in [1.82, 2.24) is 5.32 Å². The van der Waals surface area contributed by atoms with E-state index in [0.717, 1.165) is 37.9 Å². The molecule has 2 N–H and O–H groups in total. The van der Waals surface area contributed by atoms with Gasteiger partial charge in [0, 0.05) is 10.4 Å². The summed E-state index contributed by atoms with van der Waals surface area (Å²) in [5.41, 5.74) is 6.24. The molecule has 0 radical (unpaired) electrons. The third-order valence-corrected chi connectivity index (χ3v) is 6.49. The average Bonchev–Trinajstić information content (AvgIpc) is 3.07. The maximum absolute atomic E-state index is 12.6. The summed E-state index contributed by atoms with van der Waals surface area (Å²) in [7, 11) is 0. The largest absolute Gasteiger partial charge is 0.481 e. The first-order valence-electron chi connectivity index (χ1n) is 10.0. The van der Waals surface area contributed by atoms with Crippen LogP contribution in [0, 0.1) is 6.92 Å². The highest BCUT2D eigenvalue weighted by atomic mass is 79.9. The van der Waals surface area contributed by atoms with Crippen molar-refractivity contribution in [3.8, 4) is 11.1 Å². The fourth-order valence-corrected chi connectivity index (χ4v) is 4.34. The van der Waals surface area contributed by atoms with Gasteiger partial charge >= 0.3 is 12.1 Å². The van der Waals surface area contributed by atoms with Crippen LogP contribution in [0.1, 0.15) is 40.6 Å². The Morgan fingerprint density at radius 1 is 1.03 bits per heavy atom. The number of carboxylic acids is 1. The molecule has 1 aliphatic carbocycles. The van der Waals surface area contributed by atoms with E-state index >= 15 is 0 Å². The highest BCUT2D eigenvalue weighted by Gasteiger charge is 2.29. The Morgan fingerprint density at radius 2 is 1.65 bits per heavy atom. The van der Waals surface area contributed by atoms with Crippen molar-refractivity contribution < 1.29 is 19.4 Å². The van der Waals surface area contributed by atoms with Gasteiger partial charge in [-0.1, -0.05) is 76.6 Å². The predicted octanol–water partition coefficient (Wildman–Crippen LogP) is 5.81. The molecule has 0 fully saturated rings. The molecule has 4 rings (SSSR count). The smallest absolute Gasteiger partial charge is 0.407 e. The van der Waals surface area contributed by atoms with E-state index in [2.05, 4.69) is 45.5 Å². The van der Waals surface area contributed by atoms with Crippen molar-refractivity contribution in [2.24, 2.45) is 0 Å². The highest BCUT2D eigenvalue weighted by molar-refractivity contribution is 9.10. The number of fused-ring (bicyclic) bond motifs is 3. The molecule has 0 saturated heterocycles. The lowest BCUT2D eigenvalue weighted by Gasteiger charge is -2.20. The van der Waals surface area contributed by atoms with Gasteiger partial charge in [-0.3, -0.25) is 4.79 Å². The van der Waals surface area contributed by atoms with E-state index in [0.29, 0.717) is 0 Å². The Labute approximate surface area is 189 Å². The first-order valence-corrected chi connectivity index (χ1v) is 10.8. The number of halogens is 1. The van der Waals surface area contributed by atoms with Gasteiger partial charge in [-0.15, -0.1) is 0 Å². The third kappa shape index (κ3) is 4.49. The van der Waals surface area contributed by atoms with Gasteiger partial charge in [-0.25, -0.2) is 4.79 Å². The number of alkyl carbamates (subject to hydrolysis) is 1. The van der Waals surface area contributed by atoms with Crippen LogP contribution in [-0.2, 0) is 9.53 Å². The number of carbonyl (C=O) groups excluding carboxylic acids is 1. The van der Waals surface area contributed by atoms with Crippen molar-refractivity contribution in [2.45, 2.75) is 25.3 Å². The number of nitrogens with one attached hydrogen (secondary N) is 1. The molecule has 0 aliphatic heterocycles. The van der Waals surface area contributed by atoms with Crippen LogP contribution in [0.4, 0.5) is 4.79 Å². The van der Waals surface area contributed by atoms with Crippen LogP contribution in [0.2, 0.25) is 0 Å². The molecule has 6 heteroatoms.